The summed E-state index contributed by atoms with van der Waals surface area (Å²) in [4.78, 5) is 0. The largest absolute Gasteiger partial charge is 0.455 e. The average Bonchev–Trinajstić information content (AvgIpc) is 3.55. The molecule has 0 saturated carbocycles. The zero-order chi connectivity index (χ0) is 32.1. The standard InChI is InChI=1S/C48H28O/c1-2-15-35(32(13-1)33-27-25-31-24-23-29-11-9-12-30-26-28-40(33)45(31)44(29)30)46-36-16-3-5-18-38(36)47(39-19-6-4-17-37(39)46)42-21-10-20-41-34-14-7-8-22-43(34)49-48(41)42/h1-28H. The topological polar surface area (TPSA) is 13.1 Å². The molecule has 11 rings (SSSR count). The Bertz CT molecular complexity index is 3030. The minimum Gasteiger partial charge on any atom is -0.455 e. The maximum Gasteiger partial charge on any atom is 0.143 e. The van der Waals surface area contributed by atoms with E-state index in [9.17, 15) is 0 Å². The van der Waals surface area contributed by atoms with E-state index in [0.29, 0.717) is 0 Å². The predicted octanol–water partition coefficient (Wildman–Crippen LogP) is 13.8. The molecule has 0 spiro atoms. The van der Waals surface area contributed by atoms with Crippen LogP contribution in [0.4, 0.5) is 0 Å². The quantitative estimate of drug-likeness (QED) is 0.141. The summed E-state index contributed by atoms with van der Waals surface area (Å²) in [5, 5.41) is 15.0. The van der Waals surface area contributed by atoms with Gasteiger partial charge in [0.1, 0.15) is 11.2 Å². The van der Waals surface area contributed by atoms with Gasteiger partial charge in [-0.1, -0.05) is 164 Å². The molecule has 1 heteroatoms. The van der Waals surface area contributed by atoms with E-state index < -0.39 is 0 Å². The molecule has 0 atom stereocenters. The SMILES string of the molecule is c1ccc(-c2ccc3ccc4cccc5ccc2c3c45)c(-c2c3ccccc3c(-c3cccc4c3oc3ccccc34)c3ccccc23)c1. The Hall–Kier alpha value is -6.44. The molecule has 0 aliphatic heterocycles. The minimum atomic E-state index is 0.914. The smallest absolute Gasteiger partial charge is 0.143 e. The van der Waals surface area contributed by atoms with Crippen molar-refractivity contribution in [1.29, 1.82) is 0 Å². The van der Waals surface area contributed by atoms with Gasteiger partial charge in [-0.15, -0.1) is 0 Å². The van der Waals surface area contributed by atoms with E-state index in [-0.39, 0.29) is 0 Å². The van der Waals surface area contributed by atoms with Gasteiger partial charge in [0.15, 0.2) is 0 Å². The molecular formula is C48H28O. The molecule has 226 valence electrons. The highest BCUT2D eigenvalue weighted by atomic mass is 16.3. The van der Waals surface area contributed by atoms with Gasteiger partial charge in [-0.2, -0.15) is 0 Å². The van der Waals surface area contributed by atoms with Gasteiger partial charge in [0.2, 0.25) is 0 Å². The molecule has 10 aromatic carbocycles. The Labute approximate surface area is 282 Å². The van der Waals surface area contributed by atoms with Crippen molar-refractivity contribution in [1.82, 2.24) is 0 Å². The number of para-hydroxylation sites is 2. The van der Waals surface area contributed by atoms with E-state index in [2.05, 4.69) is 164 Å². The number of hydrogen-bond donors (Lipinski definition) is 0. The van der Waals surface area contributed by atoms with Crippen LogP contribution in [0.5, 0.6) is 0 Å². The summed E-state index contributed by atoms with van der Waals surface area (Å²) in [6, 6.07) is 62.1. The summed E-state index contributed by atoms with van der Waals surface area (Å²) < 4.78 is 6.62. The molecule has 1 nitrogen and oxygen atoms in total. The highest BCUT2D eigenvalue weighted by Gasteiger charge is 2.22. The van der Waals surface area contributed by atoms with Crippen molar-refractivity contribution < 1.29 is 4.42 Å². The summed E-state index contributed by atoms with van der Waals surface area (Å²) in [6.07, 6.45) is 0. The van der Waals surface area contributed by atoms with E-state index in [0.717, 1.165) is 27.5 Å². The second-order valence-corrected chi connectivity index (χ2v) is 13.1. The zero-order valence-corrected chi connectivity index (χ0v) is 26.6. The lowest BCUT2D eigenvalue weighted by molar-refractivity contribution is 0.670. The van der Waals surface area contributed by atoms with Gasteiger partial charge < -0.3 is 4.42 Å². The normalized spacial score (nSPS) is 12.1. The molecule has 0 saturated heterocycles. The molecule has 11 aromatic rings. The predicted molar refractivity (Wildman–Crippen MR) is 209 cm³/mol. The van der Waals surface area contributed by atoms with E-state index in [1.807, 2.05) is 6.07 Å². The van der Waals surface area contributed by atoms with Gasteiger partial charge >= 0.3 is 0 Å². The Kier molecular flexibility index (Phi) is 5.45. The van der Waals surface area contributed by atoms with Crippen molar-refractivity contribution in [2.24, 2.45) is 0 Å². The first-order valence-electron chi connectivity index (χ1n) is 16.9. The monoisotopic (exact) mass is 620 g/mol. The molecule has 0 fully saturated rings. The lowest BCUT2D eigenvalue weighted by atomic mass is 9.82. The molecule has 0 N–H and O–H groups in total. The van der Waals surface area contributed by atoms with Crippen LogP contribution in [0.2, 0.25) is 0 Å². The molecule has 0 radical (unpaired) electrons. The Balaban J connectivity index is 1.24. The van der Waals surface area contributed by atoms with Crippen molar-refractivity contribution in [3.63, 3.8) is 0 Å². The summed E-state index contributed by atoms with van der Waals surface area (Å²) in [7, 11) is 0. The molecular weight excluding hydrogens is 593 g/mol. The molecule has 1 aromatic heterocycles. The van der Waals surface area contributed by atoms with E-state index in [4.69, 9.17) is 4.42 Å². The molecule has 0 unspecified atom stereocenters. The van der Waals surface area contributed by atoms with Crippen molar-refractivity contribution in [3.8, 4) is 33.4 Å². The third kappa shape index (κ3) is 3.70. The van der Waals surface area contributed by atoms with Crippen LogP contribution >= 0.6 is 0 Å². The summed E-state index contributed by atoms with van der Waals surface area (Å²) in [5.74, 6) is 0. The van der Waals surface area contributed by atoms with Gasteiger partial charge in [-0.3, -0.25) is 0 Å². The fourth-order valence-corrected chi connectivity index (χ4v) is 8.56. The molecule has 0 aliphatic carbocycles. The Morgan fingerprint density at radius 2 is 0.755 bits per heavy atom. The van der Waals surface area contributed by atoms with Crippen molar-refractivity contribution in [2.75, 3.05) is 0 Å². The summed E-state index contributed by atoms with van der Waals surface area (Å²) in [6.45, 7) is 0. The summed E-state index contributed by atoms with van der Waals surface area (Å²) in [5.41, 5.74) is 9.16. The Morgan fingerprint density at radius 3 is 1.47 bits per heavy atom. The first-order chi connectivity index (χ1) is 24.3. The maximum absolute atomic E-state index is 6.62. The Morgan fingerprint density at radius 1 is 0.265 bits per heavy atom. The number of furan rings is 1. The lowest BCUT2D eigenvalue weighted by Crippen LogP contribution is -1.93. The van der Waals surface area contributed by atoms with Gasteiger partial charge in [0, 0.05) is 21.9 Å². The van der Waals surface area contributed by atoms with Crippen LogP contribution in [-0.4, -0.2) is 0 Å². The van der Waals surface area contributed by atoms with Gasteiger partial charge in [0.05, 0.1) is 0 Å². The fourth-order valence-electron chi connectivity index (χ4n) is 8.56. The van der Waals surface area contributed by atoms with Crippen LogP contribution in [0.25, 0.3) is 109 Å². The lowest BCUT2D eigenvalue weighted by Gasteiger charge is -2.21. The number of hydrogen-bond acceptors (Lipinski definition) is 1. The van der Waals surface area contributed by atoms with Gasteiger partial charge in [-0.05, 0) is 82.2 Å². The van der Waals surface area contributed by atoms with Gasteiger partial charge in [0.25, 0.3) is 0 Å². The number of rotatable bonds is 3. The van der Waals surface area contributed by atoms with Crippen LogP contribution in [0, 0.1) is 0 Å². The first kappa shape index (κ1) is 26.6. The third-order valence-corrected chi connectivity index (χ3v) is 10.6. The van der Waals surface area contributed by atoms with Crippen molar-refractivity contribution >= 4 is 75.8 Å². The van der Waals surface area contributed by atoms with Crippen LogP contribution in [0.1, 0.15) is 0 Å². The number of fused-ring (bicyclic) bond motifs is 5. The van der Waals surface area contributed by atoms with Crippen LogP contribution in [-0.2, 0) is 0 Å². The number of benzene rings is 10. The highest BCUT2D eigenvalue weighted by Crippen LogP contribution is 2.49. The van der Waals surface area contributed by atoms with E-state index in [1.54, 1.807) is 0 Å². The average molecular weight is 621 g/mol. The third-order valence-electron chi connectivity index (χ3n) is 10.6. The minimum absolute atomic E-state index is 0.914. The molecule has 0 aliphatic rings. The van der Waals surface area contributed by atoms with Gasteiger partial charge in [-0.25, -0.2) is 0 Å². The molecule has 0 bridgehead atoms. The zero-order valence-electron chi connectivity index (χ0n) is 26.6. The van der Waals surface area contributed by atoms with Crippen LogP contribution < -0.4 is 0 Å². The fraction of sp³-hybridized carbons (Fsp3) is 0. The molecule has 49 heavy (non-hydrogen) atoms. The first-order valence-corrected chi connectivity index (χ1v) is 16.9. The summed E-state index contributed by atoms with van der Waals surface area (Å²) >= 11 is 0. The van der Waals surface area contributed by atoms with Crippen LogP contribution in [0.15, 0.2) is 174 Å². The van der Waals surface area contributed by atoms with Crippen LogP contribution in [0.3, 0.4) is 0 Å². The van der Waals surface area contributed by atoms with E-state index in [1.165, 1.54) is 81.7 Å². The maximum atomic E-state index is 6.62. The second-order valence-electron chi connectivity index (χ2n) is 13.1. The molecule has 0 amide bonds. The van der Waals surface area contributed by atoms with Crippen molar-refractivity contribution in [2.45, 2.75) is 0 Å². The highest BCUT2D eigenvalue weighted by molar-refractivity contribution is 6.28. The van der Waals surface area contributed by atoms with Crippen molar-refractivity contribution in [3.05, 3.63) is 170 Å². The molecule has 1 heterocycles. The second kappa shape index (κ2) is 10.0. The van der Waals surface area contributed by atoms with E-state index >= 15 is 0 Å².